The van der Waals surface area contributed by atoms with Crippen molar-refractivity contribution in [2.45, 2.75) is 32.1 Å². The largest absolute Gasteiger partial charge is 0.478 e. The highest BCUT2D eigenvalue weighted by atomic mass is 19.1. The Morgan fingerprint density at radius 2 is 2.05 bits per heavy atom. The van der Waals surface area contributed by atoms with Gasteiger partial charge in [-0.05, 0) is 30.9 Å². The number of benzene rings is 1. The molecular weight excluding hydrogens is 247 g/mol. The minimum Gasteiger partial charge on any atom is -0.478 e. The number of hydrogen-bond donors (Lipinski definition) is 3. The van der Waals surface area contributed by atoms with Crippen LogP contribution in [0.15, 0.2) is 12.1 Å². The number of rotatable bonds is 4. The maximum atomic E-state index is 13.3. The van der Waals surface area contributed by atoms with E-state index in [-0.39, 0.29) is 11.3 Å². The van der Waals surface area contributed by atoms with E-state index in [1.54, 1.807) is 0 Å². The summed E-state index contributed by atoms with van der Waals surface area (Å²) in [6.45, 7) is 0.714. The van der Waals surface area contributed by atoms with Crippen LogP contribution in [0.3, 0.4) is 0 Å². The van der Waals surface area contributed by atoms with Gasteiger partial charge in [-0.25, -0.2) is 9.18 Å². The fourth-order valence-electron chi connectivity index (χ4n) is 2.62. The van der Waals surface area contributed by atoms with E-state index in [1.807, 2.05) is 0 Å². The topological polar surface area (TPSA) is 75.3 Å². The van der Waals surface area contributed by atoms with Crippen LogP contribution in [0.2, 0.25) is 0 Å². The van der Waals surface area contributed by atoms with E-state index in [4.69, 9.17) is 10.8 Å². The number of halogens is 1. The number of hydrogen-bond acceptors (Lipinski definition) is 3. The summed E-state index contributed by atoms with van der Waals surface area (Å²) in [5, 5.41) is 12.2. The lowest BCUT2D eigenvalue weighted by molar-refractivity contribution is 0.0698. The third kappa shape index (κ3) is 3.16. The van der Waals surface area contributed by atoms with Crippen LogP contribution in [-0.2, 0) is 0 Å². The predicted octanol–water partition coefficient (Wildman–Crippen LogP) is 3.10. The molecule has 0 saturated heterocycles. The molecule has 5 heteroatoms. The molecule has 0 amide bonds. The quantitative estimate of drug-likeness (QED) is 0.732. The van der Waals surface area contributed by atoms with Crippen molar-refractivity contribution in [3.63, 3.8) is 0 Å². The van der Waals surface area contributed by atoms with Crippen LogP contribution in [0.5, 0.6) is 0 Å². The summed E-state index contributed by atoms with van der Waals surface area (Å²) in [5.41, 5.74) is 5.42. The summed E-state index contributed by atoms with van der Waals surface area (Å²) in [4.78, 5) is 11.2. The van der Waals surface area contributed by atoms with Crippen LogP contribution in [0.1, 0.15) is 42.5 Å². The van der Waals surface area contributed by atoms with Gasteiger partial charge in [0.15, 0.2) is 0 Å². The smallest absolute Gasteiger partial charge is 0.340 e. The van der Waals surface area contributed by atoms with Crippen molar-refractivity contribution in [1.82, 2.24) is 0 Å². The first-order valence-electron chi connectivity index (χ1n) is 6.64. The molecular formula is C14H19FN2O2. The maximum absolute atomic E-state index is 13.3. The molecule has 2 rings (SSSR count). The standard InChI is InChI=1S/C14H19FN2O2/c15-10-6-7-11(12(13(10)16)14(18)19)17-8-9-4-2-1-3-5-9/h6-7,9,17H,1-5,8,16H2,(H,18,19). The third-order valence-electron chi connectivity index (χ3n) is 3.71. The molecule has 104 valence electrons. The first-order valence-corrected chi connectivity index (χ1v) is 6.64. The Morgan fingerprint density at radius 1 is 1.37 bits per heavy atom. The Balaban J connectivity index is 2.11. The molecule has 1 saturated carbocycles. The van der Waals surface area contributed by atoms with Crippen molar-refractivity contribution in [2.75, 3.05) is 17.6 Å². The highest BCUT2D eigenvalue weighted by Crippen LogP contribution is 2.28. The second-order valence-electron chi connectivity index (χ2n) is 5.07. The van der Waals surface area contributed by atoms with Crippen LogP contribution in [0.4, 0.5) is 15.8 Å². The molecule has 0 bridgehead atoms. The maximum Gasteiger partial charge on any atom is 0.340 e. The van der Waals surface area contributed by atoms with Crippen LogP contribution >= 0.6 is 0 Å². The van der Waals surface area contributed by atoms with E-state index in [9.17, 15) is 9.18 Å². The molecule has 0 atom stereocenters. The number of nitrogens with two attached hydrogens (primary N) is 1. The molecule has 1 aliphatic rings. The molecule has 0 aromatic heterocycles. The Labute approximate surface area is 111 Å². The molecule has 0 unspecified atom stereocenters. The highest BCUT2D eigenvalue weighted by molar-refractivity contribution is 6.00. The zero-order valence-electron chi connectivity index (χ0n) is 10.8. The van der Waals surface area contributed by atoms with Crippen LogP contribution in [-0.4, -0.2) is 17.6 Å². The zero-order valence-corrected chi connectivity index (χ0v) is 10.8. The van der Waals surface area contributed by atoms with Crippen molar-refractivity contribution in [2.24, 2.45) is 5.92 Å². The first kappa shape index (κ1) is 13.6. The van der Waals surface area contributed by atoms with Gasteiger partial charge in [-0.1, -0.05) is 19.3 Å². The Hall–Kier alpha value is -1.78. The Morgan fingerprint density at radius 3 is 2.68 bits per heavy atom. The van der Waals surface area contributed by atoms with E-state index in [0.717, 1.165) is 12.8 Å². The molecule has 1 aliphatic carbocycles. The highest BCUT2D eigenvalue weighted by Gasteiger charge is 2.19. The molecule has 0 aliphatic heterocycles. The fraction of sp³-hybridized carbons (Fsp3) is 0.500. The average Bonchev–Trinajstić information content (AvgIpc) is 2.41. The first-order chi connectivity index (χ1) is 9.09. The van der Waals surface area contributed by atoms with E-state index in [0.29, 0.717) is 18.2 Å². The summed E-state index contributed by atoms with van der Waals surface area (Å²) >= 11 is 0. The molecule has 4 nitrogen and oxygen atoms in total. The molecule has 1 fully saturated rings. The van der Waals surface area contributed by atoms with Gasteiger partial charge in [-0.3, -0.25) is 0 Å². The summed E-state index contributed by atoms with van der Waals surface area (Å²) in [6, 6.07) is 2.64. The van der Waals surface area contributed by atoms with Gasteiger partial charge in [-0.2, -0.15) is 0 Å². The summed E-state index contributed by atoms with van der Waals surface area (Å²) in [5.74, 6) is -1.34. The predicted molar refractivity (Wildman–Crippen MR) is 72.8 cm³/mol. The minimum absolute atomic E-state index is 0.171. The SMILES string of the molecule is Nc1c(F)ccc(NCC2CCCCC2)c1C(=O)O. The van der Waals surface area contributed by atoms with Gasteiger partial charge in [0.05, 0.1) is 11.4 Å². The molecule has 4 N–H and O–H groups in total. The normalized spacial score (nSPS) is 16.3. The van der Waals surface area contributed by atoms with Crippen molar-refractivity contribution >= 4 is 17.3 Å². The van der Waals surface area contributed by atoms with Crippen LogP contribution in [0, 0.1) is 11.7 Å². The second-order valence-corrected chi connectivity index (χ2v) is 5.07. The van der Waals surface area contributed by atoms with Crippen molar-refractivity contribution in [3.8, 4) is 0 Å². The average molecular weight is 266 g/mol. The van der Waals surface area contributed by atoms with Crippen molar-refractivity contribution < 1.29 is 14.3 Å². The van der Waals surface area contributed by atoms with Crippen molar-refractivity contribution in [3.05, 3.63) is 23.5 Å². The molecule has 1 aromatic carbocycles. The molecule has 19 heavy (non-hydrogen) atoms. The minimum atomic E-state index is -1.21. The van der Waals surface area contributed by atoms with E-state index in [2.05, 4.69) is 5.32 Å². The number of carbonyl (C=O) groups is 1. The molecule has 0 heterocycles. The van der Waals surface area contributed by atoms with Gasteiger partial charge in [0.2, 0.25) is 0 Å². The summed E-state index contributed by atoms with van der Waals surface area (Å²) in [6.07, 6.45) is 6.05. The molecule has 0 spiro atoms. The van der Waals surface area contributed by atoms with Crippen LogP contribution in [0.25, 0.3) is 0 Å². The lowest BCUT2D eigenvalue weighted by Crippen LogP contribution is -2.19. The van der Waals surface area contributed by atoms with Gasteiger partial charge in [0.1, 0.15) is 11.4 Å². The van der Waals surface area contributed by atoms with E-state index >= 15 is 0 Å². The molecule has 0 radical (unpaired) electrons. The third-order valence-corrected chi connectivity index (χ3v) is 3.71. The van der Waals surface area contributed by atoms with Gasteiger partial charge < -0.3 is 16.2 Å². The number of nitrogen functional groups attached to an aromatic ring is 1. The van der Waals surface area contributed by atoms with Gasteiger partial charge >= 0.3 is 5.97 Å². The van der Waals surface area contributed by atoms with Crippen molar-refractivity contribution in [1.29, 1.82) is 0 Å². The Kier molecular flexibility index (Phi) is 4.24. The van der Waals surface area contributed by atoms with Gasteiger partial charge in [0.25, 0.3) is 0 Å². The molecule has 1 aromatic rings. The monoisotopic (exact) mass is 266 g/mol. The Bertz CT molecular complexity index is 471. The number of carboxylic acid groups (broad SMARTS) is 1. The lowest BCUT2D eigenvalue weighted by Gasteiger charge is -2.23. The van der Waals surface area contributed by atoms with E-state index in [1.165, 1.54) is 31.4 Å². The summed E-state index contributed by atoms with van der Waals surface area (Å²) < 4.78 is 13.3. The lowest BCUT2D eigenvalue weighted by atomic mass is 9.89. The second kappa shape index (κ2) is 5.91. The number of carboxylic acids is 1. The number of anilines is 2. The van der Waals surface area contributed by atoms with E-state index < -0.39 is 11.8 Å². The number of aromatic carboxylic acids is 1. The summed E-state index contributed by atoms with van der Waals surface area (Å²) in [7, 11) is 0. The van der Waals surface area contributed by atoms with Crippen LogP contribution < -0.4 is 11.1 Å². The van der Waals surface area contributed by atoms with Gasteiger partial charge in [0, 0.05) is 6.54 Å². The zero-order chi connectivity index (χ0) is 13.8. The van der Waals surface area contributed by atoms with Gasteiger partial charge in [-0.15, -0.1) is 0 Å². The fourth-order valence-corrected chi connectivity index (χ4v) is 2.62. The number of nitrogens with one attached hydrogen (secondary N) is 1.